The van der Waals surface area contributed by atoms with Crippen molar-refractivity contribution in [2.75, 3.05) is 6.54 Å². The van der Waals surface area contributed by atoms with Crippen molar-refractivity contribution in [3.63, 3.8) is 0 Å². The summed E-state index contributed by atoms with van der Waals surface area (Å²) in [5.41, 5.74) is 5.28. The number of rotatable bonds is 3. The van der Waals surface area contributed by atoms with Crippen molar-refractivity contribution in [1.29, 1.82) is 0 Å². The van der Waals surface area contributed by atoms with E-state index >= 15 is 0 Å². The largest absolute Gasteiger partial charge is 0.388 e. The second-order valence-electron chi connectivity index (χ2n) is 2.11. The van der Waals surface area contributed by atoms with Gasteiger partial charge in [0, 0.05) is 4.88 Å². The van der Waals surface area contributed by atoms with E-state index in [4.69, 9.17) is 5.73 Å². The SMILES string of the molecule is NCCC(O)c1cccs1. The second kappa shape index (κ2) is 3.71. The molecule has 0 saturated heterocycles. The maximum absolute atomic E-state index is 9.34. The normalized spacial score (nSPS) is 13.4. The number of aliphatic hydroxyl groups is 1. The molecule has 3 N–H and O–H groups in total. The first-order valence-electron chi connectivity index (χ1n) is 3.26. The molecule has 0 aromatic carbocycles. The summed E-state index contributed by atoms with van der Waals surface area (Å²) in [6.07, 6.45) is 0.297. The van der Waals surface area contributed by atoms with Gasteiger partial charge < -0.3 is 10.8 Å². The van der Waals surface area contributed by atoms with Gasteiger partial charge >= 0.3 is 0 Å². The molecule has 0 bridgehead atoms. The Labute approximate surface area is 64.3 Å². The van der Waals surface area contributed by atoms with Crippen LogP contribution in [0.3, 0.4) is 0 Å². The van der Waals surface area contributed by atoms with E-state index in [1.807, 2.05) is 17.5 Å². The van der Waals surface area contributed by atoms with Gasteiger partial charge in [0.2, 0.25) is 0 Å². The fourth-order valence-electron chi connectivity index (χ4n) is 0.781. The molecular weight excluding hydrogens is 146 g/mol. The van der Waals surface area contributed by atoms with Gasteiger partial charge in [-0.2, -0.15) is 0 Å². The molecule has 0 radical (unpaired) electrons. The van der Waals surface area contributed by atoms with Gasteiger partial charge in [-0.25, -0.2) is 0 Å². The van der Waals surface area contributed by atoms with Crippen molar-refractivity contribution < 1.29 is 5.11 Å². The van der Waals surface area contributed by atoms with Gasteiger partial charge in [0.25, 0.3) is 0 Å². The summed E-state index contributed by atoms with van der Waals surface area (Å²) in [5.74, 6) is 0. The van der Waals surface area contributed by atoms with Crippen molar-refractivity contribution in [3.8, 4) is 0 Å². The lowest BCUT2D eigenvalue weighted by atomic mass is 10.2. The van der Waals surface area contributed by atoms with Crippen molar-refractivity contribution in [3.05, 3.63) is 22.4 Å². The van der Waals surface area contributed by atoms with Crippen LogP contribution >= 0.6 is 11.3 Å². The highest BCUT2D eigenvalue weighted by Crippen LogP contribution is 2.20. The second-order valence-corrected chi connectivity index (χ2v) is 3.09. The van der Waals surface area contributed by atoms with Crippen LogP contribution in [0.4, 0.5) is 0 Å². The van der Waals surface area contributed by atoms with E-state index in [0.717, 1.165) is 4.88 Å². The lowest BCUT2D eigenvalue weighted by Gasteiger charge is -2.04. The third-order valence-corrected chi connectivity index (χ3v) is 2.29. The van der Waals surface area contributed by atoms with Crippen LogP contribution in [0.5, 0.6) is 0 Å². The average molecular weight is 157 g/mol. The molecule has 1 unspecified atom stereocenters. The number of nitrogens with two attached hydrogens (primary N) is 1. The number of hydrogen-bond donors (Lipinski definition) is 2. The Morgan fingerprint density at radius 2 is 2.50 bits per heavy atom. The van der Waals surface area contributed by atoms with Gasteiger partial charge in [0.05, 0.1) is 6.10 Å². The number of hydrogen-bond acceptors (Lipinski definition) is 3. The highest BCUT2D eigenvalue weighted by molar-refractivity contribution is 7.10. The van der Waals surface area contributed by atoms with E-state index < -0.39 is 0 Å². The van der Waals surface area contributed by atoms with Gasteiger partial charge in [0.1, 0.15) is 0 Å². The Kier molecular flexibility index (Phi) is 2.86. The van der Waals surface area contributed by atoms with E-state index in [1.54, 1.807) is 11.3 Å². The minimum Gasteiger partial charge on any atom is -0.388 e. The smallest absolute Gasteiger partial charge is 0.0894 e. The van der Waals surface area contributed by atoms with Crippen molar-refractivity contribution in [2.45, 2.75) is 12.5 Å². The molecule has 1 aromatic rings. The van der Waals surface area contributed by atoms with E-state index in [1.165, 1.54) is 0 Å². The van der Waals surface area contributed by atoms with Crippen LogP contribution in [0.15, 0.2) is 17.5 Å². The number of aliphatic hydroxyl groups excluding tert-OH is 1. The first kappa shape index (κ1) is 7.72. The van der Waals surface area contributed by atoms with Crippen molar-refractivity contribution in [1.82, 2.24) is 0 Å². The minimum absolute atomic E-state index is 0.356. The third kappa shape index (κ3) is 1.80. The standard InChI is InChI=1S/C7H11NOS/c8-4-3-6(9)7-2-1-5-10-7/h1-2,5-6,9H,3-4,8H2. The first-order valence-corrected chi connectivity index (χ1v) is 4.14. The minimum atomic E-state index is -0.356. The average Bonchev–Trinajstić information content (AvgIpc) is 2.38. The Morgan fingerprint density at radius 3 is 3.00 bits per heavy atom. The van der Waals surface area contributed by atoms with Gasteiger partial charge in [-0.15, -0.1) is 11.3 Å². The summed E-state index contributed by atoms with van der Waals surface area (Å²) in [5, 5.41) is 11.3. The molecule has 0 aliphatic carbocycles. The zero-order chi connectivity index (χ0) is 7.40. The highest BCUT2D eigenvalue weighted by Gasteiger charge is 2.05. The summed E-state index contributed by atoms with van der Waals surface area (Å²) >= 11 is 1.57. The molecule has 2 nitrogen and oxygen atoms in total. The van der Waals surface area contributed by atoms with E-state index in [0.29, 0.717) is 13.0 Å². The van der Waals surface area contributed by atoms with Crippen LogP contribution in [0.2, 0.25) is 0 Å². The molecule has 1 atom stereocenters. The summed E-state index contributed by atoms with van der Waals surface area (Å²) in [4.78, 5) is 1.01. The monoisotopic (exact) mass is 157 g/mol. The van der Waals surface area contributed by atoms with E-state index in [9.17, 15) is 5.11 Å². The highest BCUT2D eigenvalue weighted by atomic mass is 32.1. The molecular formula is C7H11NOS. The van der Waals surface area contributed by atoms with Crippen molar-refractivity contribution in [2.24, 2.45) is 5.73 Å². The Morgan fingerprint density at radius 1 is 1.70 bits per heavy atom. The van der Waals surface area contributed by atoms with Gasteiger partial charge in [0.15, 0.2) is 0 Å². The van der Waals surface area contributed by atoms with Gasteiger partial charge in [-0.1, -0.05) is 6.07 Å². The zero-order valence-corrected chi connectivity index (χ0v) is 6.47. The van der Waals surface area contributed by atoms with E-state index in [-0.39, 0.29) is 6.10 Å². The summed E-state index contributed by atoms with van der Waals surface area (Å²) in [6.45, 7) is 0.541. The van der Waals surface area contributed by atoms with Crippen LogP contribution < -0.4 is 5.73 Å². The molecule has 0 aliphatic heterocycles. The molecule has 3 heteroatoms. The molecule has 0 spiro atoms. The predicted octanol–water partition coefficient (Wildman–Crippen LogP) is 1.13. The lowest BCUT2D eigenvalue weighted by Crippen LogP contribution is -2.05. The summed E-state index contributed by atoms with van der Waals surface area (Å²) in [6, 6.07) is 3.85. The maximum atomic E-state index is 9.34. The van der Waals surface area contributed by atoms with E-state index in [2.05, 4.69) is 0 Å². The Bertz CT molecular complexity index is 174. The van der Waals surface area contributed by atoms with Crippen molar-refractivity contribution >= 4 is 11.3 Å². The number of thiophene rings is 1. The van der Waals surface area contributed by atoms with Crippen LogP contribution in [-0.2, 0) is 0 Å². The van der Waals surface area contributed by atoms with Gasteiger partial charge in [-0.05, 0) is 24.4 Å². The fourth-order valence-corrected chi connectivity index (χ4v) is 1.53. The Balaban J connectivity index is 2.50. The zero-order valence-electron chi connectivity index (χ0n) is 5.66. The first-order chi connectivity index (χ1) is 4.84. The quantitative estimate of drug-likeness (QED) is 0.691. The van der Waals surface area contributed by atoms with Crippen LogP contribution in [0.1, 0.15) is 17.4 Å². The molecule has 0 saturated carbocycles. The molecule has 0 fully saturated rings. The predicted molar refractivity (Wildman–Crippen MR) is 43.0 cm³/mol. The third-order valence-electron chi connectivity index (χ3n) is 1.31. The topological polar surface area (TPSA) is 46.2 Å². The Hall–Kier alpha value is -0.380. The molecule has 1 heterocycles. The summed E-state index contributed by atoms with van der Waals surface area (Å²) in [7, 11) is 0. The molecule has 0 aliphatic rings. The summed E-state index contributed by atoms with van der Waals surface area (Å²) < 4.78 is 0. The molecule has 56 valence electrons. The van der Waals surface area contributed by atoms with Crippen LogP contribution in [0, 0.1) is 0 Å². The van der Waals surface area contributed by atoms with Gasteiger partial charge in [-0.3, -0.25) is 0 Å². The molecule has 1 aromatic heterocycles. The lowest BCUT2D eigenvalue weighted by molar-refractivity contribution is 0.174. The van der Waals surface area contributed by atoms with Crippen LogP contribution in [0.25, 0.3) is 0 Å². The maximum Gasteiger partial charge on any atom is 0.0894 e. The van der Waals surface area contributed by atoms with Crippen LogP contribution in [-0.4, -0.2) is 11.7 Å². The molecule has 1 rings (SSSR count). The fraction of sp³-hybridized carbons (Fsp3) is 0.429. The molecule has 10 heavy (non-hydrogen) atoms. The molecule has 0 amide bonds.